The van der Waals surface area contributed by atoms with E-state index >= 15 is 0 Å². The van der Waals surface area contributed by atoms with Gasteiger partial charge in [0.15, 0.2) is 0 Å². The molecule has 0 N–H and O–H groups in total. The number of fused-ring (bicyclic) bond motifs is 3. The molecular weight excluding hydrogens is 258 g/mol. The Morgan fingerprint density at radius 3 is 2.24 bits per heavy atom. The molecular formula is C19H15NO. The summed E-state index contributed by atoms with van der Waals surface area (Å²) < 4.78 is 5.87. The number of anilines is 2. The topological polar surface area (TPSA) is 16.4 Å². The molecule has 0 amide bonds. The molecule has 2 nitrogen and oxygen atoms in total. The van der Waals surface area contributed by atoms with E-state index in [1.165, 1.54) is 5.69 Å². The molecule has 0 fully saturated rings. The number of hydrogen-bond donors (Lipinski definition) is 0. The van der Waals surface area contributed by atoms with Crippen molar-refractivity contribution in [2.45, 2.75) is 0 Å². The summed E-state index contributed by atoms with van der Waals surface area (Å²) in [5.74, 6) is 0. The fourth-order valence-electron chi connectivity index (χ4n) is 2.72. The summed E-state index contributed by atoms with van der Waals surface area (Å²) in [7, 11) is 2.08. The lowest BCUT2D eigenvalue weighted by molar-refractivity contribution is 0.669. The average Bonchev–Trinajstić information content (AvgIpc) is 2.93. The van der Waals surface area contributed by atoms with Crippen LogP contribution in [0.3, 0.4) is 0 Å². The summed E-state index contributed by atoms with van der Waals surface area (Å²) in [4.78, 5) is 2.18. The van der Waals surface area contributed by atoms with Crippen molar-refractivity contribution in [3.8, 4) is 0 Å². The first kappa shape index (κ1) is 12.0. The van der Waals surface area contributed by atoms with Crippen LogP contribution in [0.15, 0.2) is 77.2 Å². The monoisotopic (exact) mass is 273 g/mol. The minimum atomic E-state index is 0.932. The summed E-state index contributed by atoms with van der Waals surface area (Å²) in [5.41, 5.74) is 4.19. The van der Waals surface area contributed by atoms with Crippen molar-refractivity contribution in [2.75, 3.05) is 11.9 Å². The number of hydrogen-bond acceptors (Lipinski definition) is 2. The smallest absolute Gasteiger partial charge is 0.135 e. The second kappa shape index (κ2) is 4.67. The van der Waals surface area contributed by atoms with Crippen LogP contribution in [0.4, 0.5) is 11.4 Å². The van der Waals surface area contributed by atoms with Gasteiger partial charge in [0, 0.05) is 29.2 Å². The molecule has 0 aliphatic rings. The molecule has 3 aromatic carbocycles. The van der Waals surface area contributed by atoms with Crippen molar-refractivity contribution < 1.29 is 4.42 Å². The molecule has 0 saturated heterocycles. The van der Waals surface area contributed by atoms with E-state index in [0.717, 1.165) is 27.6 Å². The van der Waals surface area contributed by atoms with Crippen molar-refractivity contribution >= 4 is 33.3 Å². The molecule has 4 rings (SSSR count). The largest absolute Gasteiger partial charge is 0.456 e. The first-order valence-electron chi connectivity index (χ1n) is 7.03. The molecule has 0 saturated carbocycles. The van der Waals surface area contributed by atoms with Crippen LogP contribution in [0.2, 0.25) is 0 Å². The van der Waals surface area contributed by atoms with Gasteiger partial charge in [-0.15, -0.1) is 0 Å². The van der Waals surface area contributed by atoms with Crippen LogP contribution < -0.4 is 4.90 Å². The van der Waals surface area contributed by atoms with Gasteiger partial charge in [0.05, 0.1) is 0 Å². The van der Waals surface area contributed by atoms with Gasteiger partial charge in [-0.3, -0.25) is 0 Å². The molecule has 0 bridgehead atoms. The number of nitrogens with zero attached hydrogens (tertiary/aromatic N) is 1. The molecule has 0 spiro atoms. The first-order valence-corrected chi connectivity index (χ1v) is 7.03. The highest BCUT2D eigenvalue weighted by atomic mass is 16.3. The van der Waals surface area contributed by atoms with E-state index in [1.54, 1.807) is 0 Å². The number of rotatable bonds is 2. The molecule has 102 valence electrons. The Morgan fingerprint density at radius 2 is 1.38 bits per heavy atom. The molecule has 0 atom stereocenters. The van der Waals surface area contributed by atoms with Gasteiger partial charge < -0.3 is 9.32 Å². The maximum absolute atomic E-state index is 5.87. The number of furan rings is 1. The zero-order valence-electron chi connectivity index (χ0n) is 11.8. The predicted molar refractivity (Wildman–Crippen MR) is 88.2 cm³/mol. The lowest BCUT2D eigenvalue weighted by Gasteiger charge is -2.19. The third kappa shape index (κ3) is 1.96. The number of benzene rings is 3. The van der Waals surface area contributed by atoms with Crippen LogP contribution in [0, 0.1) is 0 Å². The Balaban J connectivity index is 1.88. The van der Waals surface area contributed by atoms with E-state index in [4.69, 9.17) is 4.42 Å². The van der Waals surface area contributed by atoms with Gasteiger partial charge in [0.1, 0.15) is 11.2 Å². The molecule has 0 aliphatic heterocycles. The summed E-state index contributed by atoms with van der Waals surface area (Å²) >= 11 is 0. The molecule has 1 heterocycles. The fourth-order valence-corrected chi connectivity index (χ4v) is 2.72. The Labute approximate surface area is 123 Å². The van der Waals surface area contributed by atoms with Crippen LogP contribution in [0.5, 0.6) is 0 Å². The average molecular weight is 273 g/mol. The molecule has 0 unspecified atom stereocenters. The van der Waals surface area contributed by atoms with Crippen molar-refractivity contribution in [2.24, 2.45) is 0 Å². The van der Waals surface area contributed by atoms with Gasteiger partial charge in [0.2, 0.25) is 0 Å². The first-order chi connectivity index (χ1) is 10.3. The second-order valence-corrected chi connectivity index (χ2v) is 5.17. The van der Waals surface area contributed by atoms with E-state index in [0.29, 0.717) is 0 Å². The molecule has 0 aliphatic carbocycles. The Kier molecular flexibility index (Phi) is 2.68. The maximum Gasteiger partial charge on any atom is 0.135 e. The molecule has 0 radical (unpaired) electrons. The molecule has 21 heavy (non-hydrogen) atoms. The highest BCUT2D eigenvalue weighted by molar-refractivity contribution is 6.06. The normalized spacial score (nSPS) is 11.1. The zero-order valence-corrected chi connectivity index (χ0v) is 11.8. The van der Waals surface area contributed by atoms with Crippen LogP contribution in [-0.4, -0.2) is 7.05 Å². The summed E-state index contributed by atoms with van der Waals surface area (Å²) in [6.07, 6.45) is 0. The SMILES string of the molecule is CN(c1ccccc1)c1ccc2oc3ccccc3c2c1. The van der Waals surface area contributed by atoms with Gasteiger partial charge in [-0.25, -0.2) is 0 Å². The van der Waals surface area contributed by atoms with Crippen molar-refractivity contribution in [1.29, 1.82) is 0 Å². The van der Waals surface area contributed by atoms with E-state index in [9.17, 15) is 0 Å². The van der Waals surface area contributed by atoms with Gasteiger partial charge in [-0.2, -0.15) is 0 Å². The minimum Gasteiger partial charge on any atom is -0.456 e. The summed E-state index contributed by atoms with van der Waals surface area (Å²) in [5, 5.41) is 2.32. The van der Waals surface area contributed by atoms with Crippen LogP contribution >= 0.6 is 0 Å². The van der Waals surface area contributed by atoms with Gasteiger partial charge in [-0.1, -0.05) is 36.4 Å². The van der Waals surface area contributed by atoms with E-state index < -0.39 is 0 Å². The quantitative estimate of drug-likeness (QED) is 0.489. The van der Waals surface area contributed by atoms with Gasteiger partial charge in [0.25, 0.3) is 0 Å². The lowest BCUT2D eigenvalue weighted by Crippen LogP contribution is -2.08. The molecule has 4 aromatic rings. The molecule has 2 heteroatoms. The third-order valence-corrected chi connectivity index (χ3v) is 3.89. The highest BCUT2D eigenvalue weighted by Crippen LogP contribution is 2.33. The summed E-state index contributed by atoms with van der Waals surface area (Å²) in [6.45, 7) is 0. The van der Waals surface area contributed by atoms with Crippen LogP contribution in [-0.2, 0) is 0 Å². The van der Waals surface area contributed by atoms with Crippen molar-refractivity contribution in [3.63, 3.8) is 0 Å². The fraction of sp³-hybridized carbons (Fsp3) is 0.0526. The van der Waals surface area contributed by atoms with Crippen molar-refractivity contribution in [1.82, 2.24) is 0 Å². The number of para-hydroxylation sites is 2. The van der Waals surface area contributed by atoms with Crippen LogP contribution in [0.1, 0.15) is 0 Å². The zero-order chi connectivity index (χ0) is 14.2. The molecule has 1 aromatic heterocycles. The van der Waals surface area contributed by atoms with Crippen molar-refractivity contribution in [3.05, 3.63) is 72.8 Å². The summed E-state index contributed by atoms with van der Waals surface area (Å²) in [6, 6.07) is 24.8. The Bertz CT molecular complexity index is 909. The van der Waals surface area contributed by atoms with Gasteiger partial charge in [-0.05, 0) is 36.4 Å². The van der Waals surface area contributed by atoms with E-state index in [-0.39, 0.29) is 0 Å². The predicted octanol–water partition coefficient (Wildman–Crippen LogP) is 5.35. The highest BCUT2D eigenvalue weighted by Gasteiger charge is 2.09. The maximum atomic E-state index is 5.87. The van der Waals surface area contributed by atoms with Crippen LogP contribution in [0.25, 0.3) is 21.9 Å². The third-order valence-electron chi connectivity index (χ3n) is 3.89. The lowest BCUT2D eigenvalue weighted by atomic mass is 10.1. The Morgan fingerprint density at radius 1 is 0.667 bits per heavy atom. The van der Waals surface area contributed by atoms with Gasteiger partial charge >= 0.3 is 0 Å². The van der Waals surface area contributed by atoms with E-state index in [2.05, 4.69) is 54.4 Å². The standard InChI is InChI=1S/C19H15NO/c1-20(14-7-3-2-4-8-14)15-11-12-19-17(13-15)16-9-5-6-10-18(16)21-19/h2-13H,1H3. The minimum absolute atomic E-state index is 0.932. The second-order valence-electron chi connectivity index (χ2n) is 5.17. The van der Waals surface area contributed by atoms with E-state index in [1.807, 2.05) is 30.3 Å². The Hall–Kier alpha value is -2.74.